The van der Waals surface area contributed by atoms with Crippen molar-refractivity contribution in [3.63, 3.8) is 0 Å². The third-order valence-electron chi connectivity index (χ3n) is 2.61. The van der Waals surface area contributed by atoms with Gasteiger partial charge >= 0.3 is 0 Å². The summed E-state index contributed by atoms with van der Waals surface area (Å²) >= 11 is 3.50. The van der Waals surface area contributed by atoms with Crippen molar-refractivity contribution in [2.24, 2.45) is 0 Å². The number of carbonyl (C=O) groups excluding carboxylic acids is 1. The fraction of sp³-hybridized carbons (Fsp3) is 0.417. The third-order valence-corrected chi connectivity index (χ3v) is 3.32. The minimum Gasteiger partial charge on any atom is -0.494 e. The first-order valence-corrected chi connectivity index (χ1v) is 6.00. The highest BCUT2D eigenvalue weighted by Crippen LogP contribution is 2.32. The second kappa shape index (κ2) is 4.35. The zero-order valence-electron chi connectivity index (χ0n) is 8.68. The molecule has 0 radical (unpaired) electrons. The van der Waals surface area contributed by atoms with Gasteiger partial charge in [-0.1, -0.05) is 15.9 Å². The number of hydrogen-bond donors (Lipinski definition) is 0. The van der Waals surface area contributed by atoms with Gasteiger partial charge in [0.25, 0.3) is 0 Å². The molecule has 1 aliphatic carbocycles. The van der Waals surface area contributed by atoms with Gasteiger partial charge in [0.05, 0.1) is 6.61 Å². The van der Waals surface area contributed by atoms with Gasteiger partial charge in [-0.15, -0.1) is 0 Å². The molecule has 2 nitrogen and oxygen atoms in total. The van der Waals surface area contributed by atoms with Crippen LogP contribution in [0.15, 0.2) is 16.6 Å². The van der Waals surface area contributed by atoms with Gasteiger partial charge in [-0.05, 0) is 37.5 Å². The van der Waals surface area contributed by atoms with Crippen molar-refractivity contribution in [3.8, 4) is 5.75 Å². The van der Waals surface area contributed by atoms with Gasteiger partial charge in [0.1, 0.15) is 5.75 Å². The van der Waals surface area contributed by atoms with E-state index in [2.05, 4.69) is 15.9 Å². The molecule has 0 aliphatic heterocycles. The standard InChI is InChI=1S/C12H13BrO2/c1-2-15-8-6-10-9(11(13)7-8)4-3-5-12(10)14/h6-7H,2-5H2,1H3. The Bertz CT molecular complexity index is 399. The molecule has 1 aliphatic rings. The van der Waals surface area contributed by atoms with E-state index in [4.69, 9.17) is 4.74 Å². The van der Waals surface area contributed by atoms with Gasteiger partial charge in [0, 0.05) is 16.5 Å². The maximum absolute atomic E-state index is 11.7. The van der Waals surface area contributed by atoms with Crippen LogP contribution in [-0.4, -0.2) is 12.4 Å². The molecule has 2 rings (SSSR count). The van der Waals surface area contributed by atoms with Crippen molar-refractivity contribution in [1.29, 1.82) is 0 Å². The maximum atomic E-state index is 11.7. The summed E-state index contributed by atoms with van der Waals surface area (Å²) in [6.07, 6.45) is 2.60. The number of carbonyl (C=O) groups is 1. The highest BCUT2D eigenvalue weighted by molar-refractivity contribution is 9.10. The number of Topliss-reactive ketones (excluding diaryl/α,β-unsaturated/α-hetero) is 1. The van der Waals surface area contributed by atoms with Crippen molar-refractivity contribution < 1.29 is 9.53 Å². The predicted molar refractivity (Wildman–Crippen MR) is 62.6 cm³/mol. The first kappa shape index (κ1) is 10.7. The summed E-state index contributed by atoms with van der Waals surface area (Å²) in [4.78, 5) is 11.7. The highest BCUT2D eigenvalue weighted by Gasteiger charge is 2.20. The van der Waals surface area contributed by atoms with Crippen molar-refractivity contribution in [3.05, 3.63) is 27.7 Å². The Morgan fingerprint density at radius 1 is 1.40 bits per heavy atom. The zero-order valence-corrected chi connectivity index (χ0v) is 10.3. The van der Waals surface area contributed by atoms with E-state index in [1.165, 1.54) is 0 Å². The quantitative estimate of drug-likeness (QED) is 0.822. The van der Waals surface area contributed by atoms with E-state index in [1.807, 2.05) is 19.1 Å². The van der Waals surface area contributed by atoms with E-state index in [1.54, 1.807) is 0 Å². The Morgan fingerprint density at radius 2 is 2.20 bits per heavy atom. The van der Waals surface area contributed by atoms with Crippen LogP contribution in [0.3, 0.4) is 0 Å². The predicted octanol–water partition coefficient (Wildman–Crippen LogP) is 3.37. The number of hydrogen-bond acceptors (Lipinski definition) is 2. The molecule has 0 amide bonds. The van der Waals surface area contributed by atoms with Gasteiger partial charge in [-0.25, -0.2) is 0 Å². The van der Waals surface area contributed by atoms with Gasteiger partial charge in [-0.2, -0.15) is 0 Å². The van der Waals surface area contributed by atoms with Gasteiger partial charge in [-0.3, -0.25) is 4.79 Å². The van der Waals surface area contributed by atoms with Crippen LogP contribution in [0.5, 0.6) is 5.75 Å². The summed E-state index contributed by atoms with van der Waals surface area (Å²) in [5.41, 5.74) is 1.97. The number of ether oxygens (including phenoxy) is 1. The van der Waals surface area contributed by atoms with Crippen LogP contribution in [0.4, 0.5) is 0 Å². The van der Waals surface area contributed by atoms with E-state index in [0.717, 1.165) is 34.2 Å². The lowest BCUT2D eigenvalue weighted by molar-refractivity contribution is 0.0972. The summed E-state index contributed by atoms with van der Waals surface area (Å²) in [5.74, 6) is 1.01. The molecule has 1 aromatic rings. The second-order valence-corrected chi connectivity index (χ2v) is 4.50. The molecule has 15 heavy (non-hydrogen) atoms. The number of benzene rings is 1. The van der Waals surface area contributed by atoms with Crippen LogP contribution >= 0.6 is 15.9 Å². The molecule has 80 valence electrons. The Morgan fingerprint density at radius 3 is 2.93 bits per heavy atom. The van der Waals surface area contributed by atoms with Crippen molar-refractivity contribution in [1.82, 2.24) is 0 Å². The highest BCUT2D eigenvalue weighted by atomic mass is 79.9. The average molecular weight is 269 g/mol. The van der Waals surface area contributed by atoms with Crippen LogP contribution in [0.2, 0.25) is 0 Å². The fourth-order valence-corrected chi connectivity index (χ4v) is 2.56. The number of ketones is 1. The maximum Gasteiger partial charge on any atom is 0.163 e. The Hall–Kier alpha value is -0.830. The first-order valence-electron chi connectivity index (χ1n) is 5.20. The number of halogens is 1. The largest absolute Gasteiger partial charge is 0.494 e. The lowest BCUT2D eigenvalue weighted by Crippen LogP contribution is -2.11. The van der Waals surface area contributed by atoms with E-state index in [9.17, 15) is 4.79 Å². The molecule has 0 saturated heterocycles. The van der Waals surface area contributed by atoms with E-state index >= 15 is 0 Å². The smallest absolute Gasteiger partial charge is 0.163 e. The minimum absolute atomic E-state index is 0.235. The molecule has 0 N–H and O–H groups in total. The summed E-state index contributed by atoms with van der Waals surface area (Å²) in [6.45, 7) is 2.56. The summed E-state index contributed by atoms with van der Waals surface area (Å²) in [5, 5.41) is 0. The van der Waals surface area contributed by atoms with Crippen molar-refractivity contribution in [2.45, 2.75) is 26.2 Å². The summed E-state index contributed by atoms with van der Waals surface area (Å²) < 4.78 is 6.42. The van der Waals surface area contributed by atoms with Crippen LogP contribution in [0.1, 0.15) is 35.7 Å². The molecular weight excluding hydrogens is 256 g/mol. The lowest BCUT2D eigenvalue weighted by Gasteiger charge is -2.17. The van der Waals surface area contributed by atoms with Crippen molar-refractivity contribution >= 4 is 21.7 Å². The summed E-state index contributed by atoms with van der Waals surface area (Å²) in [6, 6.07) is 3.81. The van der Waals surface area contributed by atoms with E-state index in [-0.39, 0.29) is 5.78 Å². The molecule has 0 bridgehead atoms. The summed E-state index contributed by atoms with van der Waals surface area (Å²) in [7, 11) is 0. The number of rotatable bonds is 2. The first-order chi connectivity index (χ1) is 7.22. The molecule has 3 heteroatoms. The van der Waals surface area contributed by atoms with Gasteiger partial charge < -0.3 is 4.74 Å². The molecule has 0 unspecified atom stereocenters. The molecule has 1 aromatic carbocycles. The van der Waals surface area contributed by atoms with Crippen LogP contribution in [-0.2, 0) is 6.42 Å². The molecule has 0 atom stereocenters. The normalized spacial score (nSPS) is 14.9. The van der Waals surface area contributed by atoms with Crippen LogP contribution in [0.25, 0.3) is 0 Å². The topological polar surface area (TPSA) is 26.3 Å². The molecule has 0 saturated carbocycles. The molecule has 0 aromatic heterocycles. The van der Waals surface area contributed by atoms with Gasteiger partial charge in [0.15, 0.2) is 5.78 Å². The van der Waals surface area contributed by atoms with Gasteiger partial charge in [0.2, 0.25) is 0 Å². The number of fused-ring (bicyclic) bond motifs is 1. The molecular formula is C12H13BrO2. The average Bonchev–Trinajstić information content (AvgIpc) is 2.20. The Kier molecular flexibility index (Phi) is 3.10. The monoisotopic (exact) mass is 268 g/mol. The van der Waals surface area contributed by atoms with Crippen LogP contribution < -0.4 is 4.74 Å². The minimum atomic E-state index is 0.235. The lowest BCUT2D eigenvalue weighted by atomic mass is 9.90. The third kappa shape index (κ3) is 2.07. The van der Waals surface area contributed by atoms with Crippen LogP contribution in [0, 0.1) is 0 Å². The SMILES string of the molecule is CCOc1cc(Br)c2c(c1)C(=O)CCC2. The van der Waals surface area contributed by atoms with Crippen molar-refractivity contribution in [2.75, 3.05) is 6.61 Å². The second-order valence-electron chi connectivity index (χ2n) is 3.64. The van der Waals surface area contributed by atoms with E-state index in [0.29, 0.717) is 13.0 Å². The molecule has 0 heterocycles. The Labute approximate surface area is 97.8 Å². The van der Waals surface area contributed by atoms with E-state index < -0.39 is 0 Å². The molecule has 0 spiro atoms. The fourth-order valence-electron chi connectivity index (χ4n) is 1.92. The Balaban J connectivity index is 2.47. The zero-order chi connectivity index (χ0) is 10.8. The molecule has 0 fully saturated rings.